The van der Waals surface area contributed by atoms with E-state index >= 15 is 0 Å². The van der Waals surface area contributed by atoms with Gasteiger partial charge in [0.25, 0.3) is 0 Å². The van der Waals surface area contributed by atoms with Crippen molar-refractivity contribution in [1.29, 1.82) is 0 Å². The predicted octanol–water partition coefficient (Wildman–Crippen LogP) is 12.2. The van der Waals surface area contributed by atoms with Gasteiger partial charge < -0.3 is 4.57 Å². The molecule has 1 heteroatoms. The van der Waals surface area contributed by atoms with Gasteiger partial charge in [0, 0.05) is 21.9 Å². The Morgan fingerprint density at radius 1 is 0.370 bits per heavy atom. The highest BCUT2D eigenvalue weighted by Gasteiger charge is 2.35. The molecule has 0 fully saturated rings. The van der Waals surface area contributed by atoms with E-state index in [2.05, 4.69) is 182 Å². The highest BCUT2D eigenvalue weighted by Crippen LogP contribution is 2.49. The van der Waals surface area contributed by atoms with Crippen molar-refractivity contribution in [3.05, 3.63) is 175 Å². The minimum absolute atomic E-state index is 0.0229. The van der Waals surface area contributed by atoms with Crippen LogP contribution in [0.4, 0.5) is 0 Å². The molecule has 0 aliphatic heterocycles. The second kappa shape index (κ2) is 10.2. The molecular formula is C45H33N. The molecule has 0 N–H and O–H groups in total. The van der Waals surface area contributed by atoms with Crippen LogP contribution < -0.4 is 0 Å². The maximum Gasteiger partial charge on any atom is 0.0540 e. The van der Waals surface area contributed by atoms with Crippen LogP contribution in [0.3, 0.4) is 0 Å². The molecule has 0 saturated heterocycles. The molecule has 1 aliphatic rings. The van der Waals surface area contributed by atoms with E-state index in [1.165, 1.54) is 76.7 Å². The molecule has 7 aromatic carbocycles. The molecule has 1 aliphatic carbocycles. The fraction of sp³-hybridized carbons (Fsp3) is 0.0667. The van der Waals surface area contributed by atoms with Gasteiger partial charge in [-0.3, -0.25) is 0 Å². The van der Waals surface area contributed by atoms with E-state index in [0.717, 1.165) is 5.69 Å². The molecule has 1 nitrogen and oxygen atoms in total. The van der Waals surface area contributed by atoms with E-state index in [1.807, 2.05) is 0 Å². The topological polar surface area (TPSA) is 4.93 Å². The zero-order valence-corrected chi connectivity index (χ0v) is 26.0. The van der Waals surface area contributed by atoms with Crippen molar-refractivity contribution >= 4 is 43.4 Å². The molecule has 0 spiro atoms. The zero-order valence-electron chi connectivity index (χ0n) is 26.0. The van der Waals surface area contributed by atoms with Gasteiger partial charge in [-0.2, -0.15) is 0 Å². The average molecular weight is 588 g/mol. The van der Waals surface area contributed by atoms with Gasteiger partial charge in [0.2, 0.25) is 0 Å². The number of aromatic nitrogens is 1. The molecule has 1 heterocycles. The van der Waals surface area contributed by atoms with Gasteiger partial charge in [-0.25, -0.2) is 0 Å². The number of hydrogen-bond donors (Lipinski definition) is 0. The lowest BCUT2D eigenvalue weighted by Crippen LogP contribution is -2.14. The third kappa shape index (κ3) is 3.95. The Morgan fingerprint density at radius 3 is 1.39 bits per heavy atom. The molecule has 0 amide bonds. The molecule has 8 aromatic rings. The Bertz CT molecular complexity index is 2440. The highest BCUT2D eigenvalue weighted by molar-refractivity contribution is 6.19. The first-order valence-corrected chi connectivity index (χ1v) is 16.1. The molecule has 0 radical (unpaired) electrons. The lowest BCUT2D eigenvalue weighted by Gasteiger charge is -2.22. The number of fused-ring (bicyclic) bond motifs is 10. The summed E-state index contributed by atoms with van der Waals surface area (Å²) >= 11 is 0. The van der Waals surface area contributed by atoms with Gasteiger partial charge in [0.15, 0.2) is 0 Å². The maximum atomic E-state index is 2.44. The summed E-state index contributed by atoms with van der Waals surface area (Å²) in [6, 6.07) is 60.3. The Hall–Kier alpha value is -5.66. The Kier molecular flexibility index (Phi) is 5.92. The quantitative estimate of drug-likeness (QED) is 0.190. The lowest BCUT2D eigenvalue weighted by molar-refractivity contribution is 0.660. The van der Waals surface area contributed by atoms with Crippen LogP contribution in [0.15, 0.2) is 164 Å². The van der Waals surface area contributed by atoms with Crippen LogP contribution in [-0.4, -0.2) is 4.57 Å². The van der Waals surface area contributed by atoms with Crippen molar-refractivity contribution in [1.82, 2.24) is 4.57 Å². The second-order valence-corrected chi connectivity index (χ2v) is 12.9. The smallest absolute Gasteiger partial charge is 0.0540 e. The summed E-state index contributed by atoms with van der Waals surface area (Å²) in [6.45, 7) is 4.69. The maximum absolute atomic E-state index is 2.44. The molecule has 1 aromatic heterocycles. The SMILES string of the molecule is CC1(C)c2ccccc2-c2ccc(-c3ccc(-n4c5ccccc5c5ccccc5c5ccccc5c5ccccc54)cc3)cc21. The average Bonchev–Trinajstić information content (AvgIpc) is 3.36. The Labute approximate surface area is 269 Å². The fourth-order valence-electron chi connectivity index (χ4n) is 7.79. The summed E-state index contributed by atoms with van der Waals surface area (Å²) < 4.78 is 2.44. The van der Waals surface area contributed by atoms with Gasteiger partial charge in [0.05, 0.1) is 11.0 Å². The van der Waals surface area contributed by atoms with Gasteiger partial charge in [-0.05, 0) is 85.3 Å². The Morgan fingerprint density at radius 2 is 0.804 bits per heavy atom. The van der Waals surface area contributed by atoms with Crippen LogP contribution in [0.5, 0.6) is 0 Å². The summed E-state index contributed by atoms with van der Waals surface area (Å²) in [4.78, 5) is 0. The number of benzene rings is 7. The van der Waals surface area contributed by atoms with Gasteiger partial charge in [-0.1, -0.05) is 147 Å². The zero-order chi connectivity index (χ0) is 30.8. The van der Waals surface area contributed by atoms with Gasteiger partial charge >= 0.3 is 0 Å². The summed E-state index contributed by atoms with van der Waals surface area (Å²) in [6.07, 6.45) is 0. The predicted molar refractivity (Wildman–Crippen MR) is 196 cm³/mol. The van der Waals surface area contributed by atoms with Crippen LogP contribution >= 0.6 is 0 Å². The fourth-order valence-corrected chi connectivity index (χ4v) is 7.79. The second-order valence-electron chi connectivity index (χ2n) is 12.9. The number of nitrogens with zero attached hydrogens (tertiary/aromatic N) is 1. The van der Waals surface area contributed by atoms with Crippen molar-refractivity contribution in [2.75, 3.05) is 0 Å². The van der Waals surface area contributed by atoms with E-state index < -0.39 is 0 Å². The van der Waals surface area contributed by atoms with Crippen molar-refractivity contribution in [3.63, 3.8) is 0 Å². The van der Waals surface area contributed by atoms with Crippen LogP contribution in [0.25, 0.3) is 71.3 Å². The number of rotatable bonds is 2. The van der Waals surface area contributed by atoms with Crippen molar-refractivity contribution in [2.45, 2.75) is 19.3 Å². The molecule has 9 rings (SSSR count). The van der Waals surface area contributed by atoms with Crippen molar-refractivity contribution < 1.29 is 0 Å². The Balaban J connectivity index is 1.31. The summed E-state index contributed by atoms with van der Waals surface area (Å²) in [5, 5.41) is 7.41. The first-order valence-electron chi connectivity index (χ1n) is 16.1. The van der Waals surface area contributed by atoms with Crippen LogP contribution in [-0.2, 0) is 5.41 Å². The summed E-state index contributed by atoms with van der Waals surface area (Å²) in [5.74, 6) is 0. The van der Waals surface area contributed by atoms with Crippen LogP contribution in [0, 0.1) is 0 Å². The largest absolute Gasteiger partial charge is 0.309 e. The van der Waals surface area contributed by atoms with Crippen LogP contribution in [0.1, 0.15) is 25.0 Å². The van der Waals surface area contributed by atoms with Crippen molar-refractivity contribution in [3.8, 4) is 27.9 Å². The number of para-hydroxylation sites is 2. The third-order valence-electron chi connectivity index (χ3n) is 10.1. The normalized spacial score (nSPS) is 13.2. The molecule has 0 saturated carbocycles. The first kappa shape index (κ1) is 26.7. The van der Waals surface area contributed by atoms with E-state index in [0.29, 0.717) is 0 Å². The molecule has 0 unspecified atom stereocenters. The summed E-state index contributed by atoms with van der Waals surface area (Å²) in [5.41, 5.74) is 11.4. The molecule has 0 bridgehead atoms. The highest BCUT2D eigenvalue weighted by atomic mass is 15.0. The van der Waals surface area contributed by atoms with Gasteiger partial charge in [-0.15, -0.1) is 0 Å². The monoisotopic (exact) mass is 587 g/mol. The molecule has 218 valence electrons. The minimum atomic E-state index is -0.0229. The first-order chi connectivity index (χ1) is 22.6. The third-order valence-corrected chi connectivity index (χ3v) is 10.1. The standard InChI is InChI=1S/C45H33N/c1-45(2)41-20-10-7-17-37(41)38-28-25-31(29-42(38)45)30-23-26-32(27-24-30)46-43-21-11-8-18-39(43)35-15-5-3-13-33(35)34-14-4-6-16-36(34)40-19-9-12-22-44(40)46/h3-29H,1-2H3. The van der Waals surface area contributed by atoms with Crippen molar-refractivity contribution in [2.24, 2.45) is 0 Å². The van der Waals surface area contributed by atoms with Gasteiger partial charge in [0.1, 0.15) is 0 Å². The number of hydrogen-bond acceptors (Lipinski definition) is 0. The lowest BCUT2D eigenvalue weighted by atomic mass is 9.81. The summed E-state index contributed by atoms with van der Waals surface area (Å²) in [7, 11) is 0. The van der Waals surface area contributed by atoms with E-state index in [4.69, 9.17) is 0 Å². The molecule has 46 heavy (non-hydrogen) atoms. The molecule has 0 atom stereocenters. The van der Waals surface area contributed by atoms with E-state index in [9.17, 15) is 0 Å². The minimum Gasteiger partial charge on any atom is -0.309 e. The van der Waals surface area contributed by atoms with E-state index in [1.54, 1.807) is 0 Å². The molecular weight excluding hydrogens is 555 g/mol. The van der Waals surface area contributed by atoms with E-state index in [-0.39, 0.29) is 5.41 Å². The van der Waals surface area contributed by atoms with Crippen LogP contribution in [0.2, 0.25) is 0 Å².